The molecule has 0 unspecified atom stereocenters. The molecule has 0 N–H and O–H groups in total. The van der Waals surface area contributed by atoms with Crippen molar-refractivity contribution in [2.75, 3.05) is 0 Å². The van der Waals surface area contributed by atoms with Crippen molar-refractivity contribution in [1.82, 2.24) is 9.55 Å². The quantitative estimate of drug-likeness (QED) is 0.432. The standard InChI is InChI=1S/C28H35ClN2O/c1-5-12-19(13-6-2)20-14-15-24-21(18-20)28(16-10-9-11-17-28)27-30-26(32)25(22(29)7-3)23(8-4)31(24)27/h7-8,14-15,18-19H,4-6,9-13,16-17H2,1-3H3/b22-7+. The fourth-order valence-electron chi connectivity index (χ4n) is 5.99. The van der Waals surface area contributed by atoms with E-state index in [0.717, 1.165) is 42.9 Å². The van der Waals surface area contributed by atoms with E-state index in [9.17, 15) is 4.79 Å². The number of halogens is 1. The van der Waals surface area contributed by atoms with Gasteiger partial charge in [-0.15, -0.1) is 0 Å². The second-order valence-corrected chi connectivity index (χ2v) is 9.78. The number of allylic oxidation sites excluding steroid dienone is 1. The third-order valence-corrected chi connectivity index (χ3v) is 7.88. The van der Waals surface area contributed by atoms with E-state index in [0.29, 0.717) is 16.5 Å². The van der Waals surface area contributed by atoms with Crippen LogP contribution in [0.1, 0.15) is 113 Å². The fourth-order valence-corrected chi connectivity index (χ4v) is 6.17. The molecule has 2 aliphatic rings. The Kier molecular flexibility index (Phi) is 6.76. The van der Waals surface area contributed by atoms with Gasteiger partial charge in [0.15, 0.2) is 0 Å². The van der Waals surface area contributed by atoms with Crippen LogP contribution in [0.5, 0.6) is 0 Å². The van der Waals surface area contributed by atoms with Gasteiger partial charge in [0.05, 0.1) is 27.4 Å². The van der Waals surface area contributed by atoms with Gasteiger partial charge in [0.1, 0.15) is 5.82 Å². The van der Waals surface area contributed by atoms with Gasteiger partial charge in [0.25, 0.3) is 5.56 Å². The first-order chi connectivity index (χ1) is 15.5. The highest BCUT2D eigenvalue weighted by molar-refractivity contribution is 6.48. The number of benzene rings is 1. The number of hydrogen-bond acceptors (Lipinski definition) is 2. The number of rotatable bonds is 7. The molecule has 4 heteroatoms. The van der Waals surface area contributed by atoms with Crippen LogP contribution < -0.4 is 5.56 Å². The average molecular weight is 451 g/mol. The van der Waals surface area contributed by atoms with Crippen LogP contribution in [-0.2, 0) is 5.41 Å². The van der Waals surface area contributed by atoms with Crippen LogP contribution in [0.25, 0.3) is 16.8 Å². The predicted octanol–water partition coefficient (Wildman–Crippen LogP) is 7.72. The van der Waals surface area contributed by atoms with E-state index >= 15 is 0 Å². The van der Waals surface area contributed by atoms with Crippen LogP contribution >= 0.6 is 11.6 Å². The normalized spacial score (nSPS) is 17.0. The van der Waals surface area contributed by atoms with Crippen molar-refractivity contribution in [3.63, 3.8) is 0 Å². The fraction of sp³-hybridized carbons (Fsp3) is 0.500. The molecule has 2 aromatic rings. The topological polar surface area (TPSA) is 34.9 Å². The van der Waals surface area contributed by atoms with Crippen molar-refractivity contribution in [2.24, 2.45) is 0 Å². The smallest absolute Gasteiger partial charge is 0.282 e. The lowest BCUT2D eigenvalue weighted by Crippen LogP contribution is -2.33. The first kappa shape index (κ1) is 23.0. The van der Waals surface area contributed by atoms with Crippen molar-refractivity contribution < 1.29 is 0 Å². The van der Waals surface area contributed by atoms with Crippen molar-refractivity contribution in [3.8, 4) is 5.69 Å². The molecule has 1 saturated carbocycles. The molecule has 1 aromatic heterocycles. The van der Waals surface area contributed by atoms with Crippen LogP contribution in [0, 0.1) is 0 Å². The van der Waals surface area contributed by atoms with Gasteiger partial charge >= 0.3 is 0 Å². The average Bonchev–Trinajstić information content (AvgIpc) is 3.06. The molecule has 170 valence electrons. The monoisotopic (exact) mass is 450 g/mol. The van der Waals surface area contributed by atoms with Gasteiger partial charge < -0.3 is 0 Å². The molecule has 0 saturated heterocycles. The lowest BCUT2D eigenvalue weighted by molar-refractivity contribution is 0.337. The van der Waals surface area contributed by atoms with E-state index in [1.807, 2.05) is 6.92 Å². The summed E-state index contributed by atoms with van der Waals surface area (Å²) < 4.78 is 2.18. The van der Waals surface area contributed by atoms with E-state index in [-0.39, 0.29) is 11.0 Å². The predicted molar refractivity (Wildman–Crippen MR) is 136 cm³/mol. The maximum atomic E-state index is 13.2. The van der Waals surface area contributed by atoms with Crippen LogP contribution in [0.2, 0.25) is 0 Å². The molecule has 0 atom stereocenters. The molecule has 1 aliphatic carbocycles. The summed E-state index contributed by atoms with van der Waals surface area (Å²) in [6.45, 7) is 10.4. The van der Waals surface area contributed by atoms with Crippen molar-refractivity contribution in [2.45, 2.75) is 89.9 Å². The molecule has 2 heterocycles. The Morgan fingerprint density at radius 2 is 1.91 bits per heavy atom. The summed E-state index contributed by atoms with van der Waals surface area (Å²) in [5, 5.41) is 0.432. The highest BCUT2D eigenvalue weighted by Crippen LogP contribution is 2.52. The van der Waals surface area contributed by atoms with Gasteiger partial charge in [-0.25, -0.2) is 0 Å². The summed E-state index contributed by atoms with van der Waals surface area (Å²) >= 11 is 6.48. The van der Waals surface area contributed by atoms with Crippen LogP contribution in [0.15, 0.2) is 35.6 Å². The van der Waals surface area contributed by atoms with Gasteiger partial charge in [0, 0.05) is 0 Å². The van der Waals surface area contributed by atoms with Crippen LogP contribution in [-0.4, -0.2) is 9.55 Å². The Labute approximate surface area is 197 Å². The Bertz CT molecular complexity index is 1100. The van der Waals surface area contributed by atoms with E-state index < -0.39 is 0 Å². The molecule has 1 fully saturated rings. The minimum atomic E-state index is -0.248. The zero-order valence-corrected chi connectivity index (χ0v) is 20.5. The number of fused-ring (bicyclic) bond motifs is 5. The lowest BCUT2D eigenvalue weighted by Gasteiger charge is -2.34. The summed E-state index contributed by atoms with van der Waals surface area (Å²) in [6.07, 6.45) is 14.0. The third kappa shape index (κ3) is 3.59. The van der Waals surface area contributed by atoms with Gasteiger partial charge in [-0.2, -0.15) is 4.98 Å². The number of hydrogen-bond donors (Lipinski definition) is 0. The summed E-state index contributed by atoms with van der Waals surface area (Å²) in [5.74, 6) is 1.47. The minimum Gasteiger partial charge on any atom is -0.296 e. The SMILES string of the molecule is C=Cc1c(/C(Cl)=C\C)c(=O)nc2n1-c1ccc(C(CCC)CCC)cc1C21CCCCC1. The summed E-state index contributed by atoms with van der Waals surface area (Å²) in [5.41, 5.74) is 4.69. The molecule has 0 amide bonds. The Hall–Kier alpha value is -2.13. The summed E-state index contributed by atoms with van der Waals surface area (Å²) in [7, 11) is 0. The molecule has 3 nitrogen and oxygen atoms in total. The number of nitrogens with zero attached hydrogens (tertiary/aromatic N) is 2. The second-order valence-electron chi connectivity index (χ2n) is 9.37. The summed E-state index contributed by atoms with van der Waals surface area (Å²) in [6, 6.07) is 6.99. The molecule has 32 heavy (non-hydrogen) atoms. The van der Waals surface area contributed by atoms with Crippen molar-refractivity contribution in [3.05, 3.63) is 69.4 Å². The third-order valence-electron chi connectivity index (χ3n) is 7.47. The van der Waals surface area contributed by atoms with Crippen LogP contribution in [0.3, 0.4) is 0 Å². The zero-order chi connectivity index (χ0) is 22.9. The largest absolute Gasteiger partial charge is 0.296 e. The first-order valence-corrected chi connectivity index (χ1v) is 12.7. The van der Waals surface area contributed by atoms with E-state index in [4.69, 9.17) is 16.6 Å². The molecule has 0 bridgehead atoms. The van der Waals surface area contributed by atoms with E-state index in [1.165, 1.54) is 43.2 Å². The van der Waals surface area contributed by atoms with Crippen molar-refractivity contribution >= 4 is 22.7 Å². The molecular weight excluding hydrogens is 416 g/mol. The molecule has 1 aromatic carbocycles. The molecule has 1 aliphatic heterocycles. The number of aromatic nitrogens is 2. The van der Waals surface area contributed by atoms with Gasteiger partial charge in [-0.1, -0.05) is 82.3 Å². The lowest BCUT2D eigenvalue weighted by atomic mass is 9.69. The van der Waals surface area contributed by atoms with E-state index in [2.05, 4.69) is 43.2 Å². The second kappa shape index (κ2) is 9.39. The highest BCUT2D eigenvalue weighted by atomic mass is 35.5. The maximum absolute atomic E-state index is 13.2. The highest BCUT2D eigenvalue weighted by Gasteiger charge is 2.47. The summed E-state index contributed by atoms with van der Waals surface area (Å²) in [4.78, 5) is 17.9. The molecule has 0 radical (unpaired) electrons. The van der Waals surface area contributed by atoms with Crippen molar-refractivity contribution in [1.29, 1.82) is 0 Å². The first-order valence-electron chi connectivity index (χ1n) is 12.3. The zero-order valence-electron chi connectivity index (χ0n) is 19.7. The Morgan fingerprint density at radius 3 is 2.50 bits per heavy atom. The Morgan fingerprint density at radius 1 is 1.22 bits per heavy atom. The Balaban J connectivity index is 2.01. The van der Waals surface area contributed by atoms with Gasteiger partial charge in [0.2, 0.25) is 0 Å². The van der Waals surface area contributed by atoms with Gasteiger partial charge in [-0.05, 0) is 61.8 Å². The van der Waals surface area contributed by atoms with Crippen LogP contribution in [0.4, 0.5) is 0 Å². The molecular formula is C28H35ClN2O. The van der Waals surface area contributed by atoms with Gasteiger partial charge in [-0.3, -0.25) is 9.36 Å². The molecule has 1 spiro atoms. The molecule has 4 rings (SSSR count). The maximum Gasteiger partial charge on any atom is 0.282 e. The van der Waals surface area contributed by atoms with E-state index in [1.54, 1.807) is 12.2 Å². The minimum absolute atomic E-state index is 0.190.